The minimum Gasteiger partial charge on any atom is -0.341 e. The lowest BCUT2D eigenvalue weighted by molar-refractivity contribution is -0.113. The van der Waals surface area contributed by atoms with E-state index in [9.17, 15) is 4.79 Å². The summed E-state index contributed by atoms with van der Waals surface area (Å²) in [6, 6.07) is 0. The van der Waals surface area contributed by atoms with Gasteiger partial charge in [-0.05, 0) is 6.92 Å². The lowest BCUT2D eigenvalue weighted by Crippen LogP contribution is -2.22. The molecule has 1 aliphatic rings. The number of ketones is 1. The molecule has 0 spiro atoms. The summed E-state index contributed by atoms with van der Waals surface area (Å²) in [4.78, 5) is 14.8. The monoisotopic (exact) mass is 170 g/mol. The standard InChI is InChI=1S/C7H10N2OS/c1-5(10)6-3-9-7(8-2)11-4-6/h3H,4H2,1-2H3,(H,8,9). The van der Waals surface area contributed by atoms with Crippen LogP contribution in [-0.2, 0) is 4.79 Å². The van der Waals surface area contributed by atoms with Crippen LogP contribution < -0.4 is 5.32 Å². The Balaban J connectivity index is 2.64. The van der Waals surface area contributed by atoms with Crippen LogP contribution in [0.3, 0.4) is 0 Å². The summed E-state index contributed by atoms with van der Waals surface area (Å²) in [6.07, 6.45) is 1.72. The summed E-state index contributed by atoms with van der Waals surface area (Å²) in [5, 5.41) is 3.80. The summed E-state index contributed by atoms with van der Waals surface area (Å²) in [5.74, 6) is 0.856. The maximum absolute atomic E-state index is 10.8. The highest BCUT2D eigenvalue weighted by Crippen LogP contribution is 2.13. The molecule has 0 saturated carbocycles. The summed E-state index contributed by atoms with van der Waals surface area (Å²) in [7, 11) is 1.72. The molecule has 60 valence electrons. The Bertz CT molecular complexity index is 233. The molecule has 1 N–H and O–H groups in total. The van der Waals surface area contributed by atoms with Gasteiger partial charge >= 0.3 is 0 Å². The average molecular weight is 170 g/mol. The predicted octanol–water partition coefficient (Wildman–Crippen LogP) is 0.782. The van der Waals surface area contributed by atoms with Crippen LogP contribution in [0.4, 0.5) is 0 Å². The van der Waals surface area contributed by atoms with Crippen LogP contribution >= 0.6 is 11.8 Å². The fourth-order valence-electron chi connectivity index (χ4n) is 0.711. The number of amidine groups is 1. The van der Waals surface area contributed by atoms with E-state index in [0.29, 0.717) is 0 Å². The molecule has 3 nitrogen and oxygen atoms in total. The Hall–Kier alpha value is -0.770. The van der Waals surface area contributed by atoms with Gasteiger partial charge in [0.25, 0.3) is 0 Å². The van der Waals surface area contributed by atoms with Gasteiger partial charge in [-0.3, -0.25) is 9.79 Å². The highest BCUT2D eigenvalue weighted by atomic mass is 32.2. The van der Waals surface area contributed by atoms with Crippen molar-refractivity contribution in [3.63, 3.8) is 0 Å². The average Bonchev–Trinajstić information content (AvgIpc) is 2.05. The third kappa shape index (κ3) is 2.08. The van der Waals surface area contributed by atoms with Crippen molar-refractivity contribution in [3.8, 4) is 0 Å². The van der Waals surface area contributed by atoms with Crippen LogP contribution in [-0.4, -0.2) is 23.8 Å². The van der Waals surface area contributed by atoms with Gasteiger partial charge in [0.05, 0.1) is 0 Å². The first kappa shape index (κ1) is 8.33. The van der Waals surface area contributed by atoms with Crippen molar-refractivity contribution in [2.24, 2.45) is 4.99 Å². The molecule has 1 rings (SSSR count). The van der Waals surface area contributed by atoms with Gasteiger partial charge in [-0.1, -0.05) is 11.8 Å². The van der Waals surface area contributed by atoms with Crippen LogP contribution in [0.5, 0.6) is 0 Å². The van der Waals surface area contributed by atoms with Gasteiger partial charge in [0, 0.05) is 24.6 Å². The van der Waals surface area contributed by atoms with Crippen LogP contribution in [0.1, 0.15) is 6.92 Å². The molecule has 1 heterocycles. The largest absolute Gasteiger partial charge is 0.341 e. The van der Waals surface area contributed by atoms with Crippen LogP contribution in [0.15, 0.2) is 16.8 Å². The topological polar surface area (TPSA) is 41.5 Å². The highest BCUT2D eigenvalue weighted by molar-refractivity contribution is 8.14. The molecule has 0 aliphatic carbocycles. The summed E-state index contributed by atoms with van der Waals surface area (Å²) < 4.78 is 0. The third-order valence-electron chi connectivity index (χ3n) is 1.39. The summed E-state index contributed by atoms with van der Waals surface area (Å²) in [6.45, 7) is 1.57. The molecular weight excluding hydrogens is 160 g/mol. The van der Waals surface area contributed by atoms with Gasteiger partial charge in [0.2, 0.25) is 0 Å². The fourth-order valence-corrected chi connectivity index (χ4v) is 1.56. The smallest absolute Gasteiger partial charge is 0.160 e. The van der Waals surface area contributed by atoms with Gasteiger partial charge in [-0.25, -0.2) is 0 Å². The third-order valence-corrected chi connectivity index (χ3v) is 2.42. The number of aliphatic imine (C=N–C) groups is 1. The maximum Gasteiger partial charge on any atom is 0.160 e. The van der Waals surface area contributed by atoms with E-state index in [4.69, 9.17) is 0 Å². The molecule has 0 fully saturated rings. The van der Waals surface area contributed by atoms with Gasteiger partial charge in [-0.15, -0.1) is 0 Å². The van der Waals surface area contributed by atoms with Crippen LogP contribution in [0, 0.1) is 0 Å². The molecule has 0 aromatic rings. The second-order valence-electron chi connectivity index (χ2n) is 2.19. The Morgan fingerprint density at radius 3 is 2.91 bits per heavy atom. The summed E-state index contributed by atoms with van der Waals surface area (Å²) >= 11 is 1.55. The van der Waals surface area contributed by atoms with E-state index < -0.39 is 0 Å². The second kappa shape index (κ2) is 3.57. The molecule has 0 atom stereocenters. The van der Waals surface area contributed by atoms with E-state index in [2.05, 4.69) is 10.3 Å². The van der Waals surface area contributed by atoms with Gasteiger partial charge in [0.15, 0.2) is 11.0 Å². The molecule has 0 aromatic carbocycles. The molecule has 0 radical (unpaired) electrons. The van der Waals surface area contributed by atoms with E-state index in [-0.39, 0.29) is 5.78 Å². The highest BCUT2D eigenvalue weighted by Gasteiger charge is 2.11. The van der Waals surface area contributed by atoms with E-state index in [1.807, 2.05) is 0 Å². The van der Waals surface area contributed by atoms with Gasteiger partial charge in [-0.2, -0.15) is 0 Å². The molecule has 0 bridgehead atoms. The number of carbonyl (C=O) groups is 1. The van der Waals surface area contributed by atoms with Crippen molar-refractivity contribution in [1.29, 1.82) is 0 Å². The van der Waals surface area contributed by atoms with Crippen molar-refractivity contribution < 1.29 is 4.79 Å². The van der Waals surface area contributed by atoms with Crippen LogP contribution in [0.25, 0.3) is 0 Å². The number of carbonyl (C=O) groups excluding carboxylic acids is 1. The SMILES string of the molecule is CN=C1NC=C(C(C)=O)CS1. The molecule has 0 aromatic heterocycles. The number of thioether (sulfide) groups is 1. The maximum atomic E-state index is 10.8. The zero-order chi connectivity index (χ0) is 8.27. The normalized spacial score (nSPS) is 20.9. The minimum absolute atomic E-state index is 0.125. The fraction of sp³-hybridized carbons (Fsp3) is 0.429. The van der Waals surface area contributed by atoms with Crippen molar-refractivity contribution in [2.45, 2.75) is 6.92 Å². The number of hydrogen-bond acceptors (Lipinski definition) is 3. The number of rotatable bonds is 1. The first-order valence-electron chi connectivity index (χ1n) is 3.30. The summed E-state index contributed by atoms with van der Waals surface area (Å²) in [5.41, 5.74) is 0.822. The molecule has 11 heavy (non-hydrogen) atoms. The Labute approximate surface area is 70.0 Å². The number of hydrogen-bond donors (Lipinski definition) is 1. The van der Waals surface area contributed by atoms with E-state index in [0.717, 1.165) is 16.5 Å². The van der Waals surface area contributed by atoms with E-state index in [1.165, 1.54) is 0 Å². The van der Waals surface area contributed by atoms with Crippen LogP contribution in [0.2, 0.25) is 0 Å². The van der Waals surface area contributed by atoms with Crippen molar-refractivity contribution in [2.75, 3.05) is 12.8 Å². The molecule has 0 unspecified atom stereocenters. The van der Waals surface area contributed by atoms with Crippen molar-refractivity contribution in [3.05, 3.63) is 11.8 Å². The predicted molar refractivity (Wildman–Crippen MR) is 47.7 cm³/mol. The zero-order valence-corrected chi connectivity index (χ0v) is 7.36. The molecular formula is C7H10N2OS. The Morgan fingerprint density at radius 1 is 1.82 bits per heavy atom. The van der Waals surface area contributed by atoms with Crippen molar-refractivity contribution >= 4 is 22.7 Å². The van der Waals surface area contributed by atoms with Crippen molar-refractivity contribution in [1.82, 2.24) is 5.32 Å². The van der Waals surface area contributed by atoms with Gasteiger partial charge < -0.3 is 5.32 Å². The Kier molecular flexibility index (Phi) is 2.70. The van der Waals surface area contributed by atoms with Gasteiger partial charge in [0.1, 0.15) is 0 Å². The first-order chi connectivity index (χ1) is 5.24. The molecule has 0 amide bonds. The number of nitrogens with zero attached hydrogens (tertiary/aromatic N) is 1. The quantitative estimate of drug-likeness (QED) is 0.632. The molecule has 1 aliphatic heterocycles. The minimum atomic E-state index is 0.125. The lowest BCUT2D eigenvalue weighted by Gasteiger charge is -2.12. The lowest BCUT2D eigenvalue weighted by atomic mass is 10.2. The molecule has 4 heteroatoms. The first-order valence-corrected chi connectivity index (χ1v) is 4.28. The number of Topliss-reactive ketones (excluding diaryl/α,β-unsaturated/α-hetero) is 1. The zero-order valence-electron chi connectivity index (χ0n) is 6.55. The number of nitrogens with one attached hydrogen (secondary N) is 1. The van der Waals surface area contributed by atoms with E-state index in [1.54, 1.807) is 31.9 Å². The molecule has 0 saturated heterocycles. The Morgan fingerprint density at radius 2 is 2.55 bits per heavy atom. The van der Waals surface area contributed by atoms with E-state index >= 15 is 0 Å². The second-order valence-corrected chi connectivity index (χ2v) is 3.15.